The van der Waals surface area contributed by atoms with Crippen molar-refractivity contribution in [2.24, 2.45) is 5.92 Å². The van der Waals surface area contributed by atoms with Gasteiger partial charge in [-0.25, -0.2) is 0 Å². The molecule has 1 aliphatic heterocycles. The normalized spacial score (nSPS) is 21.2. The van der Waals surface area contributed by atoms with Gasteiger partial charge in [0.2, 0.25) is 0 Å². The summed E-state index contributed by atoms with van der Waals surface area (Å²) in [4.78, 5) is 15.6. The Kier molecular flexibility index (Phi) is 4.10. The maximum atomic E-state index is 11.3. The highest BCUT2D eigenvalue weighted by molar-refractivity contribution is 5.71. The van der Waals surface area contributed by atoms with Crippen LogP contribution in [0.15, 0.2) is 18.2 Å². The SMILES string of the molecule is Cc1ccc(N2CCN(C)CC(C(=O)O)C2)c(C)c1. The van der Waals surface area contributed by atoms with Gasteiger partial charge in [-0.15, -0.1) is 0 Å². The van der Waals surface area contributed by atoms with E-state index in [9.17, 15) is 9.90 Å². The highest BCUT2D eigenvalue weighted by Gasteiger charge is 2.26. The Balaban J connectivity index is 2.25. The van der Waals surface area contributed by atoms with Gasteiger partial charge < -0.3 is 14.9 Å². The lowest BCUT2D eigenvalue weighted by atomic mass is 10.1. The van der Waals surface area contributed by atoms with E-state index in [1.165, 1.54) is 11.1 Å². The summed E-state index contributed by atoms with van der Waals surface area (Å²) in [6, 6.07) is 6.35. The molecule has 19 heavy (non-hydrogen) atoms. The topological polar surface area (TPSA) is 43.8 Å². The molecule has 1 fully saturated rings. The van der Waals surface area contributed by atoms with E-state index in [2.05, 4.69) is 41.8 Å². The quantitative estimate of drug-likeness (QED) is 0.882. The minimum Gasteiger partial charge on any atom is -0.481 e. The molecular weight excluding hydrogens is 240 g/mol. The largest absolute Gasteiger partial charge is 0.481 e. The van der Waals surface area contributed by atoms with Crippen molar-refractivity contribution in [2.45, 2.75) is 13.8 Å². The van der Waals surface area contributed by atoms with Crippen molar-refractivity contribution in [2.75, 3.05) is 38.1 Å². The molecule has 1 N–H and O–H groups in total. The number of nitrogens with zero attached hydrogens (tertiary/aromatic N) is 2. The van der Waals surface area contributed by atoms with Crippen LogP contribution in [0.3, 0.4) is 0 Å². The van der Waals surface area contributed by atoms with Crippen LogP contribution in [0, 0.1) is 19.8 Å². The monoisotopic (exact) mass is 262 g/mol. The lowest BCUT2D eigenvalue weighted by molar-refractivity contribution is -0.141. The van der Waals surface area contributed by atoms with Gasteiger partial charge in [-0.1, -0.05) is 17.7 Å². The predicted octanol–water partition coefficient (Wildman–Crippen LogP) is 1.76. The number of hydrogen-bond donors (Lipinski definition) is 1. The molecular formula is C15H22N2O2. The van der Waals surface area contributed by atoms with Crippen molar-refractivity contribution in [3.8, 4) is 0 Å². The summed E-state index contributed by atoms with van der Waals surface area (Å²) in [5.41, 5.74) is 3.61. The molecule has 104 valence electrons. The summed E-state index contributed by atoms with van der Waals surface area (Å²) in [5, 5.41) is 9.31. The molecule has 1 saturated heterocycles. The molecule has 1 unspecified atom stereocenters. The average molecular weight is 262 g/mol. The third-order valence-electron chi connectivity index (χ3n) is 3.77. The van der Waals surface area contributed by atoms with Gasteiger partial charge in [0.25, 0.3) is 0 Å². The Labute approximate surface area is 114 Å². The van der Waals surface area contributed by atoms with Crippen molar-refractivity contribution in [3.05, 3.63) is 29.3 Å². The smallest absolute Gasteiger partial charge is 0.309 e. The number of rotatable bonds is 2. The molecule has 4 heteroatoms. The first-order valence-corrected chi connectivity index (χ1v) is 6.71. The van der Waals surface area contributed by atoms with Crippen LogP contribution in [0.25, 0.3) is 0 Å². The number of carbonyl (C=O) groups is 1. The van der Waals surface area contributed by atoms with E-state index in [-0.39, 0.29) is 5.92 Å². The van der Waals surface area contributed by atoms with Crippen molar-refractivity contribution < 1.29 is 9.90 Å². The third kappa shape index (κ3) is 3.26. The Morgan fingerprint density at radius 2 is 2.00 bits per heavy atom. The first-order valence-electron chi connectivity index (χ1n) is 6.71. The minimum absolute atomic E-state index is 0.326. The number of carboxylic acid groups (broad SMARTS) is 1. The molecule has 1 heterocycles. The molecule has 2 rings (SSSR count). The summed E-state index contributed by atoms with van der Waals surface area (Å²) >= 11 is 0. The second kappa shape index (κ2) is 5.61. The van der Waals surface area contributed by atoms with E-state index in [0.717, 1.165) is 18.8 Å². The fraction of sp³-hybridized carbons (Fsp3) is 0.533. The van der Waals surface area contributed by atoms with Crippen molar-refractivity contribution in [1.29, 1.82) is 0 Å². The molecule has 0 saturated carbocycles. The summed E-state index contributed by atoms with van der Waals surface area (Å²) in [5.74, 6) is -1.03. The molecule has 0 amide bonds. The molecule has 1 aliphatic rings. The number of anilines is 1. The number of likely N-dealkylation sites (N-methyl/N-ethyl adjacent to an activating group) is 1. The molecule has 0 spiro atoms. The second-order valence-electron chi connectivity index (χ2n) is 5.53. The Hall–Kier alpha value is -1.55. The standard InChI is InChI=1S/C15H22N2O2/c1-11-4-5-14(12(2)8-11)17-7-6-16(3)9-13(10-17)15(18)19/h4-5,8,13H,6-7,9-10H2,1-3H3,(H,18,19). The molecule has 1 aromatic rings. The second-order valence-corrected chi connectivity index (χ2v) is 5.53. The van der Waals surface area contributed by atoms with Gasteiger partial charge in [-0.3, -0.25) is 4.79 Å². The fourth-order valence-corrected chi connectivity index (χ4v) is 2.71. The number of carboxylic acids is 1. The maximum absolute atomic E-state index is 11.3. The Morgan fingerprint density at radius 1 is 1.26 bits per heavy atom. The number of aliphatic carboxylic acids is 1. The fourth-order valence-electron chi connectivity index (χ4n) is 2.71. The van der Waals surface area contributed by atoms with E-state index in [4.69, 9.17) is 0 Å². The van der Waals surface area contributed by atoms with Crippen LogP contribution in [0.2, 0.25) is 0 Å². The summed E-state index contributed by atoms with van der Waals surface area (Å²) in [7, 11) is 1.99. The van der Waals surface area contributed by atoms with E-state index in [0.29, 0.717) is 13.1 Å². The number of aryl methyl sites for hydroxylation is 2. The lowest BCUT2D eigenvalue weighted by Gasteiger charge is -2.26. The summed E-state index contributed by atoms with van der Waals surface area (Å²) < 4.78 is 0. The summed E-state index contributed by atoms with van der Waals surface area (Å²) in [6.45, 7) is 7.15. The molecule has 1 atom stereocenters. The van der Waals surface area contributed by atoms with Crippen LogP contribution in [-0.4, -0.2) is 49.2 Å². The minimum atomic E-state index is -0.705. The van der Waals surface area contributed by atoms with E-state index in [1.54, 1.807) is 0 Å². The Bertz CT molecular complexity index is 473. The van der Waals surface area contributed by atoms with Gasteiger partial charge in [-0.2, -0.15) is 0 Å². The van der Waals surface area contributed by atoms with Crippen molar-refractivity contribution >= 4 is 11.7 Å². The van der Waals surface area contributed by atoms with Crippen molar-refractivity contribution in [1.82, 2.24) is 4.90 Å². The van der Waals surface area contributed by atoms with E-state index >= 15 is 0 Å². The van der Waals surface area contributed by atoms with Crippen LogP contribution in [0.5, 0.6) is 0 Å². The van der Waals surface area contributed by atoms with Gasteiger partial charge >= 0.3 is 5.97 Å². The van der Waals surface area contributed by atoms with Crippen LogP contribution < -0.4 is 4.90 Å². The van der Waals surface area contributed by atoms with E-state index < -0.39 is 5.97 Å². The molecule has 0 aromatic heterocycles. The van der Waals surface area contributed by atoms with E-state index in [1.807, 2.05) is 7.05 Å². The number of hydrogen-bond acceptors (Lipinski definition) is 3. The van der Waals surface area contributed by atoms with Gasteiger partial charge in [-0.05, 0) is 32.5 Å². The zero-order valence-electron chi connectivity index (χ0n) is 11.9. The third-order valence-corrected chi connectivity index (χ3v) is 3.77. The zero-order chi connectivity index (χ0) is 14.0. The predicted molar refractivity (Wildman–Crippen MR) is 76.8 cm³/mol. The molecule has 1 aromatic carbocycles. The average Bonchev–Trinajstić information content (AvgIpc) is 2.51. The van der Waals surface area contributed by atoms with Crippen LogP contribution in [-0.2, 0) is 4.79 Å². The van der Waals surface area contributed by atoms with Gasteiger partial charge in [0.1, 0.15) is 0 Å². The maximum Gasteiger partial charge on any atom is 0.309 e. The summed E-state index contributed by atoms with van der Waals surface area (Å²) in [6.07, 6.45) is 0. The number of benzene rings is 1. The van der Waals surface area contributed by atoms with Gasteiger partial charge in [0.15, 0.2) is 0 Å². The highest BCUT2D eigenvalue weighted by atomic mass is 16.4. The van der Waals surface area contributed by atoms with Gasteiger partial charge in [0.05, 0.1) is 5.92 Å². The van der Waals surface area contributed by atoms with Crippen molar-refractivity contribution in [3.63, 3.8) is 0 Å². The first kappa shape index (κ1) is 13.9. The lowest BCUT2D eigenvalue weighted by Crippen LogP contribution is -2.34. The van der Waals surface area contributed by atoms with Gasteiger partial charge in [0, 0.05) is 31.9 Å². The molecule has 4 nitrogen and oxygen atoms in total. The van der Waals surface area contributed by atoms with Crippen LogP contribution >= 0.6 is 0 Å². The molecule has 0 aliphatic carbocycles. The highest BCUT2D eigenvalue weighted by Crippen LogP contribution is 2.23. The molecule has 0 bridgehead atoms. The molecule has 0 radical (unpaired) electrons. The van der Waals surface area contributed by atoms with Crippen LogP contribution in [0.4, 0.5) is 5.69 Å². The van der Waals surface area contributed by atoms with Crippen LogP contribution in [0.1, 0.15) is 11.1 Å². The zero-order valence-corrected chi connectivity index (χ0v) is 11.9. The Morgan fingerprint density at radius 3 is 2.63 bits per heavy atom. The first-order chi connectivity index (χ1) is 8.97.